The number of benzene rings is 2. The summed E-state index contributed by atoms with van der Waals surface area (Å²) >= 11 is 9.60. The van der Waals surface area contributed by atoms with Crippen LogP contribution in [0.4, 0.5) is 17.3 Å². The number of rotatable bonds is 6. The topological polar surface area (TPSA) is 79.4 Å². The van der Waals surface area contributed by atoms with E-state index in [1.165, 1.54) is 30.9 Å². The molecular formula is C24H25BrClN5O2. The van der Waals surface area contributed by atoms with Crippen LogP contribution >= 0.6 is 27.5 Å². The number of carbonyl (C=O) groups excluding carboxylic acids is 1. The van der Waals surface area contributed by atoms with Crippen molar-refractivity contribution in [2.75, 3.05) is 37.9 Å². The van der Waals surface area contributed by atoms with Crippen LogP contribution in [0.3, 0.4) is 0 Å². The molecule has 1 atom stereocenters. The van der Waals surface area contributed by atoms with E-state index in [2.05, 4.69) is 67.5 Å². The average Bonchev–Trinajstić information content (AvgIpc) is 3.22. The number of methoxy groups -OCH3 is 1. The maximum absolute atomic E-state index is 12.8. The van der Waals surface area contributed by atoms with Gasteiger partial charge in [0.25, 0.3) is 5.91 Å². The average molecular weight is 531 g/mol. The monoisotopic (exact) mass is 529 g/mol. The van der Waals surface area contributed by atoms with Crippen LogP contribution in [-0.2, 0) is 0 Å². The summed E-state index contributed by atoms with van der Waals surface area (Å²) in [6.07, 6.45) is 2.61. The highest BCUT2D eigenvalue weighted by atomic mass is 79.9. The predicted molar refractivity (Wildman–Crippen MR) is 135 cm³/mol. The molecule has 0 radical (unpaired) electrons. The molecule has 2 N–H and O–H groups in total. The third-order valence-corrected chi connectivity index (χ3v) is 6.73. The van der Waals surface area contributed by atoms with Crippen molar-refractivity contribution in [1.29, 1.82) is 0 Å². The Kier molecular flexibility index (Phi) is 7.17. The number of halogens is 2. The predicted octanol–water partition coefficient (Wildman–Crippen LogP) is 5.62. The van der Waals surface area contributed by atoms with Crippen LogP contribution in [0.5, 0.6) is 5.88 Å². The fourth-order valence-electron chi connectivity index (χ4n) is 4.07. The molecule has 33 heavy (non-hydrogen) atoms. The van der Waals surface area contributed by atoms with Crippen molar-refractivity contribution < 1.29 is 9.53 Å². The molecule has 3 aromatic rings. The molecule has 0 spiro atoms. The van der Waals surface area contributed by atoms with Crippen LogP contribution < -0.4 is 15.4 Å². The summed E-state index contributed by atoms with van der Waals surface area (Å²) in [6.45, 7) is 4.34. The summed E-state index contributed by atoms with van der Waals surface area (Å²) < 4.78 is 6.03. The van der Waals surface area contributed by atoms with Gasteiger partial charge in [0.1, 0.15) is 5.56 Å². The molecule has 1 fully saturated rings. The first-order valence-corrected chi connectivity index (χ1v) is 11.8. The molecule has 1 aromatic heterocycles. The van der Waals surface area contributed by atoms with Gasteiger partial charge in [0.2, 0.25) is 11.8 Å². The molecule has 2 aromatic carbocycles. The van der Waals surface area contributed by atoms with Crippen LogP contribution in [0.25, 0.3) is 0 Å². The summed E-state index contributed by atoms with van der Waals surface area (Å²) in [6, 6.07) is 11.6. The number of hydrogen-bond donors (Lipinski definition) is 2. The molecule has 0 saturated carbocycles. The van der Waals surface area contributed by atoms with Crippen LogP contribution in [0.2, 0.25) is 5.02 Å². The Hall–Kier alpha value is -2.68. The smallest absolute Gasteiger partial charge is 0.262 e. The number of para-hydroxylation sites is 1. The Morgan fingerprint density at radius 1 is 1.30 bits per heavy atom. The normalized spacial score (nSPS) is 16.0. The molecule has 1 aliphatic rings. The summed E-state index contributed by atoms with van der Waals surface area (Å²) in [5, 5.41) is 6.40. The lowest BCUT2D eigenvalue weighted by Gasteiger charge is -2.16. The SMILES string of the molecule is COc1nc(Nc2ccc(C3CCN(C)C3)c(C)c2)ncc1C(=O)Nc1c(Cl)cccc1Br. The van der Waals surface area contributed by atoms with Gasteiger partial charge in [-0.1, -0.05) is 23.7 Å². The Morgan fingerprint density at radius 2 is 2.12 bits per heavy atom. The minimum atomic E-state index is -0.422. The third-order valence-electron chi connectivity index (χ3n) is 5.75. The number of anilines is 3. The zero-order valence-corrected chi connectivity index (χ0v) is 21.0. The van der Waals surface area contributed by atoms with Gasteiger partial charge in [0.15, 0.2) is 0 Å². The maximum Gasteiger partial charge on any atom is 0.262 e. The highest BCUT2D eigenvalue weighted by Gasteiger charge is 2.23. The molecule has 2 heterocycles. The first kappa shape index (κ1) is 23.5. The van der Waals surface area contributed by atoms with E-state index in [-0.39, 0.29) is 11.4 Å². The number of amides is 1. The standard InChI is InChI=1S/C24H25BrClN5O2/c1-14-11-16(7-8-17(14)15-9-10-31(2)13-15)28-24-27-12-18(23(30-24)33-3)22(32)29-21-19(25)5-4-6-20(21)26/h4-8,11-12,15H,9-10,13H2,1-3H3,(H,29,32)(H,27,28,30). The lowest BCUT2D eigenvalue weighted by molar-refractivity contribution is 0.102. The van der Waals surface area contributed by atoms with Gasteiger partial charge in [-0.3, -0.25) is 4.79 Å². The van der Waals surface area contributed by atoms with Crippen molar-refractivity contribution in [2.24, 2.45) is 0 Å². The van der Waals surface area contributed by atoms with Crippen LogP contribution in [0.15, 0.2) is 47.1 Å². The van der Waals surface area contributed by atoms with E-state index in [0.717, 1.165) is 18.8 Å². The number of nitrogens with one attached hydrogen (secondary N) is 2. The molecule has 1 saturated heterocycles. The van der Waals surface area contributed by atoms with E-state index < -0.39 is 5.91 Å². The van der Waals surface area contributed by atoms with Crippen molar-refractivity contribution in [3.63, 3.8) is 0 Å². The molecule has 0 aliphatic carbocycles. The van der Waals surface area contributed by atoms with Crippen molar-refractivity contribution >= 4 is 50.8 Å². The number of nitrogens with zero attached hydrogens (tertiary/aromatic N) is 3. The fourth-order valence-corrected chi connectivity index (χ4v) is 4.87. The third kappa shape index (κ3) is 5.29. The van der Waals surface area contributed by atoms with Crippen LogP contribution in [0.1, 0.15) is 33.8 Å². The van der Waals surface area contributed by atoms with Crippen molar-refractivity contribution in [1.82, 2.24) is 14.9 Å². The van der Waals surface area contributed by atoms with E-state index >= 15 is 0 Å². The van der Waals surface area contributed by atoms with E-state index in [9.17, 15) is 4.79 Å². The minimum absolute atomic E-state index is 0.163. The van der Waals surface area contributed by atoms with Gasteiger partial charge < -0.3 is 20.3 Å². The van der Waals surface area contributed by atoms with Crippen LogP contribution in [-0.4, -0.2) is 48.0 Å². The molecule has 1 unspecified atom stereocenters. The number of likely N-dealkylation sites (tertiary alicyclic amines) is 1. The number of carbonyl (C=O) groups is 1. The van der Waals surface area contributed by atoms with Gasteiger partial charge in [-0.25, -0.2) is 4.98 Å². The number of likely N-dealkylation sites (N-methyl/N-ethyl adjacent to an activating group) is 1. The Morgan fingerprint density at radius 3 is 2.79 bits per heavy atom. The summed E-state index contributed by atoms with van der Waals surface area (Å²) in [4.78, 5) is 23.9. The molecule has 9 heteroatoms. The van der Waals surface area contributed by atoms with Crippen molar-refractivity contribution in [3.8, 4) is 5.88 Å². The van der Waals surface area contributed by atoms with Gasteiger partial charge in [0.05, 0.1) is 17.8 Å². The Labute approximate surface area is 206 Å². The highest BCUT2D eigenvalue weighted by Crippen LogP contribution is 2.32. The van der Waals surface area contributed by atoms with E-state index in [1.54, 1.807) is 18.2 Å². The molecule has 7 nitrogen and oxygen atoms in total. The van der Waals surface area contributed by atoms with Gasteiger partial charge in [-0.2, -0.15) is 4.98 Å². The van der Waals surface area contributed by atoms with Crippen molar-refractivity contribution in [3.05, 3.63) is 68.8 Å². The largest absolute Gasteiger partial charge is 0.480 e. The molecule has 0 bridgehead atoms. The Bertz CT molecular complexity index is 1170. The maximum atomic E-state index is 12.8. The van der Waals surface area contributed by atoms with Crippen molar-refractivity contribution in [2.45, 2.75) is 19.3 Å². The number of aryl methyl sites for hydroxylation is 1. The second kappa shape index (κ2) is 10.1. The Balaban J connectivity index is 1.51. The first-order valence-electron chi connectivity index (χ1n) is 10.6. The second-order valence-corrected chi connectivity index (χ2v) is 9.37. The number of ether oxygens (including phenoxy) is 1. The lowest BCUT2D eigenvalue weighted by atomic mass is 9.94. The first-order chi connectivity index (χ1) is 15.9. The number of aromatic nitrogens is 2. The second-order valence-electron chi connectivity index (χ2n) is 8.11. The highest BCUT2D eigenvalue weighted by molar-refractivity contribution is 9.10. The van der Waals surface area contributed by atoms with Gasteiger partial charge in [0, 0.05) is 22.9 Å². The zero-order valence-electron chi connectivity index (χ0n) is 18.7. The fraction of sp³-hybridized carbons (Fsp3) is 0.292. The molecular weight excluding hydrogens is 506 g/mol. The van der Waals surface area contributed by atoms with E-state index in [0.29, 0.717) is 27.0 Å². The zero-order chi connectivity index (χ0) is 23.5. The van der Waals surface area contributed by atoms with Crippen LogP contribution in [0, 0.1) is 6.92 Å². The molecule has 1 aliphatic heterocycles. The van der Waals surface area contributed by atoms with Gasteiger partial charge >= 0.3 is 0 Å². The minimum Gasteiger partial charge on any atom is -0.480 e. The number of hydrogen-bond acceptors (Lipinski definition) is 6. The van der Waals surface area contributed by atoms with E-state index in [1.807, 2.05) is 6.07 Å². The quantitative estimate of drug-likeness (QED) is 0.430. The summed E-state index contributed by atoms with van der Waals surface area (Å²) in [5.41, 5.74) is 4.15. The molecule has 172 valence electrons. The lowest BCUT2D eigenvalue weighted by Crippen LogP contribution is -2.15. The summed E-state index contributed by atoms with van der Waals surface area (Å²) in [5.74, 6) is 0.649. The molecule has 4 rings (SSSR count). The summed E-state index contributed by atoms with van der Waals surface area (Å²) in [7, 11) is 3.62. The molecule has 1 amide bonds. The van der Waals surface area contributed by atoms with Gasteiger partial charge in [-0.05, 0) is 84.2 Å². The van der Waals surface area contributed by atoms with E-state index in [4.69, 9.17) is 16.3 Å². The van der Waals surface area contributed by atoms with Gasteiger partial charge in [-0.15, -0.1) is 0 Å².